The standard InChI is InChI=1S/C23H28FN7O2/c1-4-5-19-27-23(17-6-7-18(24)16(2)12-17)28-31(19)14-22(32)30-10-8-29(9-11-30)20-13-21(33-3)26-15-25-20/h6-7,12-13,15H,4-5,8-11,14H2,1-3H3. The fourth-order valence-corrected chi connectivity index (χ4v) is 3.84. The van der Waals surface area contributed by atoms with Gasteiger partial charge in [0.25, 0.3) is 0 Å². The molecule has 1 aliphatic heterocycles. The predicted octanol–water partition coefficient (Wildman–Crippen LogP) is 2.49. The number of hydrogen-bond acceptors (Lipinski definition) is 7. The van der Waals surface area contributed by atoms with Gasteiger partial charge in [-0.05, 0) is 37.1 Å². The average Bonchev–Trinajstić information content (AvgIpc) is 3.23. The van der Waals surface area contributed by atoms with Crippen LogP contribution >= 0.6 is 0 Å². The molecule has 0 aliphatic carbocycles. The molecule has 0 spiro atoms. The second kappa shape index (κ2) is 9.93. The van der Waals surface area contributed by atoms with Crippen molar-refractivity contribution in [2.75, 3.05) is 38.2 Å². The summed E-state index contributed by atoms with van der Waals surface area (Å²) in [7, 11) is 1.57. The van der Waals surface area contributed by atoms with E-state index in [9.17, 15) is 9.18 Å². The molecule has 4 rings (SSSR count). The maximum absolute atomic E-state index is 13.7. The van der Waals surface area contributed by atoms with Crippen LogP contribution in [0.15, 0.2) is 30.6 Å². The number of aryl methyl sites for hydroxylation is 2. The number of piperazine rings is 1. The van der Waals surface area contributed by atoms with Gasteiger partial charge in [0.15, 0.2) is 5.82 Å². The van der Waals surface area contributed by atoms with Gasteiger partial charge in [0.1, 0.15) is 30.3 Å². The van der Waals surface area contributed by atoms with Gasteiger partial charge < -0.3 is 14.5 Å². The Labute approximate surface area is 192 Å². The molecule has 3 aromatic rings. The predicted molar refractivity (Wildman–Crippen MR) is 122 cm³/mol. The van der Waals surface area contributed by atoms with Crippen molar-refractivity contribution in [1.29, 1.82) is 0 Å². The average molecular weight is 454 g/mol. The topological polar surface area (TPSA) is 89.3 Å². The fraction of sp³-hybridized carbons (Fsp3) is 0.435. The van der Waals surface area contributed by atoms with E-state index in [1.165, 1.54) is 12.4 Å². The van der Waals surface area contributed by atoms with Gasteiger partial charge in [0.05, 0.1) is 7.11 Å². The van der Waals surface area contributed by atoms with Gasteiger partial charge in [0.2, 0.25) is 11.8 Å². The first kappa shape index (κ1) is 22.6. The molecule has 3 heterocycles. The Kier molecular flexibility index (Phi) is 6.81. The van der Waals surface area contributed by atoms with Crippen LogP contribution in [-0.2, 0) is 17.8 Å². The molecular formula is C23H28FN7O2. The lowest BCUT2D eigenvalue weighted by molar-refractivity contribution is -0.132. The fourth-order valence-electron chi connectivity index (χ4n) is 3.84. The summed E-state index contributed by atoms with van der Waals surface area (Å²) in [5.74, 6) is 2.31. The highest BCUT2D eigenvalue weighted by atomic mass is 19.1. The van der Waals surface area contributed by atoms with E-state index >= 15 is 0 Å². The van der Waals surface area contributed by atoms with E-state index in [2.05, 4.69) is 31.9 Å². The Morgan fingerprint density at radius 2 is 1.94 bits per heavy atom. The molecule has 1 aliphatic rings. The van der Waals surface area contributed by atoms with Crippen LogP contribution in [0.4, 0.5) is 10.2 Å². The van der Waals surface area contributed by atoms with Gasteiger partial charge in [-0.25, -0.2) is 24.0 Å². The zero-order valence-electron chi connectivity index (χ0n) is 19.2. The second-order valence-corrected chi connectivity index (χ2v) is 8.01. The Morgan fingerprint density at radius 3 is 2.64 bits per heavy atom. The number of aromatic nitrogens is 5. The summed E-state index contributed by atoms with van der Waals surface area (Å²) in [5, 5.41) is 4.58. The number of hydrogen-bond donors (Lipinski definition) is 0. The number of benzene rings is 1. The van der Waals surface area contributed by atoms with Gasteiger partial charge in [-0.1, -0.05) is 6.92 Å². The van der Waals surface area contributed by atoms with Gasteiger partial charge in [-0.2, -0.15) is 5.10 Å². The Morgan fingerprint density at radius 1 is 1.15 bits per heavy atom. The number of methoxy groups -OCH3 is 1. The first-order chi connectivity index (χ1) is 16.0. The minimum Gasteiger partial charge on any atom is -0.481 e. The lowest BCUT2D eigenvalue weighted by atomic mass is 10.1. The van der Waals surface area contributed by atoms with Gasteiger partial charge >= 0.3 is 0 Å². The van der Waals surface area contributed by atoms with E-state index < -0.39 is 0 Å². The van der Waals surface area contributed by atoms with Crippen molar-refractivity contribution in [3.05, 3.63) is 47.8 Å². The first-order valence-corrected chi connectivity index (χ1v) is 11.1. The summed E-state index contributed by atoms with van der Waals surface area (Å²) in [6.07, 6.45) is 3.07. The molecular weight excluding hydrogens is 425 g/mol. The molecule has 0 atom stereocenters. The largest absolute Gasteiger partial charge is 0.481 e. The summed E-state index contributed by atoms with van der Waals surface area (Å²) in [4.78, 5) is 30.0. The second-order valence-electron chi connectivity index (χ2n) is 8.01. The molecule has 1 fully saturated rings. The van der Waals surface area contributed by atoms with Crippen LogP contribution in [0, 0.1) is 12.7 Å². The van der Waals surface area contributed by atoms with Gasteiger partial charge in [-0.15, -0.1) is 0 Å². The Hall–Kier alpha value is -3.56. The van der Waals surface area contributed by atoms with Crippen LogP contribution in [0.3, 0.4) is 0 Å². The van der Waals surface area contributed by atoms with Crippen LogP contribution in [0.1, 0.15) is 24.7 Å². The zero-order valence-corrected chi connectivity index (χ0v) is 19.2. The zero-order chi connectivity index (χ0) is 23.4. The van der Waals surface area contributed by atoms with E-state index in [1.54, 1.807) is 36.9 Å². The third kappa shape index (κ3) is 5.10. The van der Waals surface area contributed by atoms with Crippen molar-refractivity contribution in [1.82, 2.24) is 29.6 Å². The Bertz CT molecular complexity index is 1130. The van der Waals surface area contributed by atoms with Crippen LogP contribution in [0.5, 0.6) is 5.88 Å². The monoisotopic (exact) mass is 453 g/mol. The van der Waals surface area contributed by atoms with Crippen molar-refractivity contribution in [3.8, 4) is 17.3 Å². The summed E-state index contributed by atoms with van der Waals surface area (Å²) in [6.45, 7) is 6.42. The molecule has 0 N–H and O–H groups in total. The minimum absolute atomic E-state index is 0.000919. The first-order valence-electron chi connectivity index (χ1n) is 11.1. The molecule has 1 saturated heterocycles. The maximum atomic E-state index is 13.7. The third-order valence-corrected chi connectivity index (χ3v) is 5.72. The van der Waals surface area contributed by atoms with E-state index in [0.717, 1.165) is 23.6 Å². The SMILES string of the molecule is CCCc1nc(-c2ccc(F)c(C)c2)nn1CC(=O)N1CCN(c2cc(OC)ncn2)CC1. The number of ether oxygens (including phenoxy) is 1. The summed E-state index contributed by atoms with van der Waals surface area (Å²) >= 11 is 0. The molecule has 33 heavy (non-hydrogen) atoms. The van der Waals surface area contributed by atoms with E-state index in [4.69, 9.17) is 4.74 Å². The quantitative estimate of drug-likeness (QED) is 0.543. The molecule has 0 radical (unpaired) electrons. The summed E-state index contributed by atoms with van der Waals surface area (Å²) < 4.78 is 20.5. The summed E-state index contributed by atoms with van der Waals surface area (Å²) in [5.41, 5.74) is 1.28. The molecule has 0 unspecified atom stereocenters. The lowest BCUT2D eigenvalue weighted by Gasteiger charge is -2.35. The van der Waals surface area contributed by atoms with Crippen LogP contribution < -0.4 is 9.64 Å². The smallest absolute Gasteiger partial charge is 0.244 e. The van der Waals surface area contributed by atoms with Crippen LogP contribution in [0.25, 0.3) is 11.4 Å². The van der Waals surface area contributed by atoms with E-state index in [1.807, 2.05) is 4.90 Å². The Balaban J connectivity index is 1.43. The number of carbonyl (C=O) groups excluding carboxylic acids is 1. The van der Waals surface area contributed by atoms with Crippen molar-refractivity contribution in [2.24, 2.45) is 0 Å². The lowest BCUT2D eigenvalue weighted by Crippen LogP contribution is -2.50. The molecule has 174 valence electrons. The molecule has 1 amide bonds. The van der Waals surface area contributed by atoms with E-state index in [-0.39, 0.29) is 18.3 Å². The van der Waals surface area contributed by atoms with E-state index in [0.29, 0.717) is 49.9 Å². The summed E-state index contributed by atoms with van der Waals surface area (Å²) in [6, 6.07) is 6.61. The number of rotatable bonds is 7. The molecule has 1 aromatic carbocycles. The van der Waals surface area contributed by atoms with Crippen molar-refractivity contribution in [3.63, 3.8) is 0 Å². The highest BCUT2D eigenvalue weighted by molar-refractivity contribution is 5.76. The highest BCUT2D eigenvalue weighted by Crippen LogP contribution is 2.21. The molecule has 10 heteroatoms. The van der Waals surface area contributed by atoms with Gasteiger partial charge in [-0.3, -0.25) is 4.79 Å². The normalized spacial score (nSPS) is 13.9. The van der Waals surface area contributed by atoms with Crippen molar-refractivity contribution >= 4 is 11.7 Å². The number of nitrogens with zero attached hydrogens (tertiary/aromatic N) is 7. The van der Waals surface area contributed by atoms with Crippen LogP contribution in [0.2, 0.25) is 0 Å². The highest BCUT2D eigenvalue weighted by Gasteiger charge is 2.24. The number of anilines is 1. The number of halogens is 1. The number of amides is 1. The third-order valence-electron chi connectivity index (χ3n) is 5.72. The molecule has 9 nitrogen and oxygen atoms in total. The maximum Gasteiger partial charge on any atom is 0.244 e. The van der Waals surface area contributed by atoms with Gasteiger partial charge in [0, 0.05) is 44.2 Å². The van der Waals surface area contributed by atoms with Crippen molar-refractivity contribution < 1.29 is 13.9 Å². The molecule has 0 bridgehead atoms. The molecule has 2 aromatic heterocycles. The van der Waals surface area contributed by atoms with Crippen molar-refractivity contribution in [2.45, 2.75) is 33.2 Å². The minimum atomic E-state index is -0.262. The number of carbonyl (C=O) groups is 1. The van der Waals surface area contributed by atoms with Crippen LogP contribution in [-0.4, -0.2) is 68.8 Å². The molecule has 0 saturated carbocycles.